The predicted octanol–water partition coefficient (Wildman–Crippen LogP) is 2.80. The number of carbonyl (C=O) groups is 1. The molecule has 4 heteroatoms. The van der Waals surface area contributed by atoms with Gasteiger partial charge in [-0.1, -0.05) is 13.8 Å². The third-order valence-corrected chi connectivity index (χ3v) is 2.88. The fourth-order valence-corrected chi connectivity index (χ4v) is 2.08. The van der Waals surface area contributed by atoms with Gasteiger partial charge in [-0.2, -0.15) is 13.2 Å². The van der Waals surface area contributed by atoms with Crippen molar-refractivity contribution in [2.45, 2.75) is 32.9 Å². The molecular weight excluding hydrogens is 181 g/mol. The number of carbonyl (C=O) groups excluding carboxylic acids is 1. The summed E-state index contributed by atoms with van der Waals surface area (Å²) in [5, 5.41) is 0. The van der Waals surface area contributed by atoms with Crippen molar-refractivity contribution in [2.75, 3.05) is 0 Å². The van der Waals surface area contributed by atoms with Crippen LogP contribution in [0, 0.1) is 17.8 Å². The van der Waals surface area contributed by atoms with Crippen LogP contribution in [-0.4, -0.2) is 12.0 Å². The van der Waals surface area contributed by atoms with Crippen LogP contribution in [-0.2, 0) is 4.79 Å². The van der Waals surface area contributed by atoms with E-state index in [9.17, 15) is 18.0 Å². The highest BCUT2D eigenvalue weighted by molar-refractivity contribution is 5.81. The van der Waals surface area contributed by atoms with E-state index in [0.717, 1.165) is 0 Å². The molecule has 13 heavy (non-hydrogen) atoms. The van der Waals surface area contributed by atoms with E-state index >= 15 is 0 Å². The Balaban J connectivity index is 2.84. The number of alkyl halides is 3. The first-order valence-corrected chi connectivity index (χ1v) is 4.43. The molecule has 0 bridgehead atoms. The van der Waals surface area contributed by atoms with Gasteiger partial charge in [0.05, 0.1) is 5.92 Å². The van der Waals surface area contributed by atoms with E-state index < -0.39 is 23.9 Å². The Kier molecular flexibility index (Phi) is 2.68. The molecule has 3 atom stereocenters. The molecule has 76 valence electrons. The molecule has 0 heterocycles. The highest BCUT2D eigenvalue weighted by Gasteiger charge is 2.49. The molecule has 0 spiro atoms. The van der Waals surface area contributed by atoms with E-state index in [2.05, 4.69) is 0 Å². The third-order valence-electron chi connectivity index (χ3n) is 2.88. The second-order valence-corrected chi connectivity index (χ2v) is 3.84. The van der Waals surface area contributed by atoms with Gasteiger partial charge in [-0.25, -0.2) is 0 Å². The summed E-state index contributed by atoms with van der Waals surface area (Å²) in [4.78, 5) is 11.1. The summed E-state index contributed by atoms with van der Waals surface area (Å²) in [5.74, 6) is -2.97. The zero-order valence-corrected chi connectivity index (χ0v) is 7.69. The highest BCUT2D eigenvalue weighted by Crippen LogP contribution is 2.43. The molecule has 0 N–H and O–H groups in total. The van der Waals surface area contributed by atoms with Crippen molar-refractivity contribution in [3.05, 3.63) is 0 Å². The average molecular weight is 194 g/mol. The smallest absolute Gasteiger partial charge is 0.299 e. The molecule has 1 rings (SSSR count). The predicted molar refractivity (Wildman–Crippen MR) is 42.1 cm³/mol. The zero-order chi connectivity index (χ0) is 10.2. The Morgan fingerprint density at radius 2 is 1.85 bits per heavy atom. The van der Waals surface area contributed by atoms with Crippen molar-refractivity contribution in [2.24, 2.45) is 17.8 Å². The van der Waals surface area contributed by atoms with Gasteiger partial charge in [0.25, 0.3) is 0 Å². The van der Waals surface area contributed by atoms with Crippen molar-refractivity contribution < 1.29 is 18.0 Å². The summed E-state index contributed by atoms with van der Waals surface area (Å²) in [6.07, 6.45) is -3.56. The van der Waals surface area contributed by atoms with Crippen molar-refractivity contribution in [3.8, 4) is 0 Å². The second-order valence-electron chi connectivity index (χ2n) is 3.84. The zero-order valence-electron chi connectivity index (χ0n) is 7.69. The van der Waals surface area contributed by atoms with Gasteiger partial charge in [0.15, 0.2) is 0 Å². The number of hydrogen-bond donors (Lipinski definition) is 0. The van der Waals surface area contributed by atoms with Crippen LogP contribution < -0.4 is 0 Å². The van der Waals surface area contributed by atoms with Crippen molar-refractivity contribution in [1.82, 2.24) is 0 Å². The van der Waals surface area contributed by atoms with Crippen LogP contribution in [0.1, 0.15) is 26.7 Å². The lowest BCUT2D eigenvalue weighted by atomic mass is 9.72. The summed E-state index contributed by atoms with van der Waals surface area (Å²) >= 11 is 0. The molecule has 0 saturated heterocycles. The minimum atomic E-state index is -4.23. The maximum Gasteiger partial charge on any atom is 0.392 e. The first-order chi connectivity index (χ1) is 5.84. The maximum absolute atomic E-state index is 12.5. The Morgan fingerprint density at radius 3 is 2.23 bits per heavy atom. The first kappa shape index (κ1) is 10.5. The lowest BCUT2D eigenvalue weighted by Crippen LogP contribution is -2.41. The SMILES string of the molecule is CC1CCC(=O)C(C)C1C(F)(F)F. The van der Waals surface area contributed by atoms with Crippen molar-refractivity contribution in [3.63, 3.8) is 0 Å². The maximum atomic E-state index is 12.5. The van der Waals surface area contributed by atoms with E-state index in [1.165, 1.54) is 6.92 Å². The first-order valence-electron chi connectivity index (χ1n) is 4.43. The molecule has 3 unspecified atom stereocenters. The molecule has 0 aromatic carbocycles. The highest BCUT2D eigenvalue weighted by atomic mass is 19.4. The lowest BCUT2D eigenvalue weighted by molar-refractivity contribution is -0.207. The monoisotopic (exact) mass is 194 g/mol. The number of hydrogen-bond acceptors (Lipinski definition) is 1. The largest absolute Gasteiger partial charge is 0.392 e. The van der Waals surface area contributed by atoms with Crippen LogP contribution in [0.3, 0.4) is 0 Å². The molecule has 0 aromatic rings. The van der Waals surface area contributed by atoms with E-state index in [1.54, 1.807) is 6.92 Å². The number of ketones is 1. The second kappa shape index (κ2) is 3.31. The summed E-state index contributed by atoms with van der Waals surface area (Å²) in [6, 6.07) is 0. The van der Waals surface area contributed by atoms with Gasteiger partial charge in [-0.3, -0.25) is 4.79 Å². The van der Waals surface area contributed by atoms with Crippen LogP contribution in [0.15, 0.2) is 0 Å². The Hall–Kier alpha value is -0.540. The molecule has 1 saturated carbocycles. The van der Waals surface area contributed by atoms with Crippen molar-refractivity contribution in [1.29, 1.82) is 0 Å². The van der Waals surface area contributed by atoms with Gasteiger partial charge in [0.1, 0.15) is 5.78 Å². The molecule has 0 radical (unpaired) electrons. The Bertz CT molecular complexity index is 209. The van der Waals surface area contributed by atoms with Gasteiger partial charge in [-0.05, 0) is 12.3 Å². The minimum Gasteiger partial charge on any atom is -0.299 e. The molecule has 1 aliphatic rings. The van der Waals surface area contributed by atoms with Gasteiger partial charge in [0.2, 0.25) is 0 Å². The van der Waals surface area contributed by atoms with Crippen LogP contribution >= 0.6 is 0 Å². The van der Waals surface area contributed by atoms with Gasteiger partial charge in [0, 0.05) is 12.3 Å². The summed E-state index contributed by atoms with van der Waals surface area (Å²) < 4.78 is 37.4. The van der Waals surface area contributed by atoms with Crippen LogP contribution in [0.2, 0.25) is 0 Å². The molecule has 0 aromatic heterocycles. The number of Topliss-reactive ketones (excluding diaryl/α,β-unsaturated/α-hetero) is 1. The lowest BCUT2D eigenvalue weighted by Gasteiger charge is -2.34. The number of rotatable bonds is 0. The van der Waals surface area contributed by atoms with E-state index in [-0.39, 0.29) is 5.78 Å². The molecule has 1 nitrogen and oxygen atoms in total. The quantitative estimate of drug-likeness (QED) is 0.579. The fourth-order valence-electron chi connectivity index (χ4n) is 2.08. The van der Waals surface area contributed by atoms with Crippen LogP contribution in [0.4, 0.5) is 13.2 Å². The Morgan fingerprint density at radius 1 is 1.31 bits per heavy atom. The third kappa shape index (κ3) is 2.03. The summed E-state index contributed by atoms with van der Waals surface area (Å²) in [5.41, 5.74) is 0. The minimum absolute atomic E-state index is 0.250. The van der Waals surface area contributed by atoms with Gasteiger partial charge >= 0.3 is 6.18 Å². The van der Waals surface area contributed by atoms with Crippen molar-refractivity contribution >= 4 is 5.78 Å². The van der Waals surface area contributed by atoms with E-state index in [0.29, 0.717) is 12.8 Å². The fraction of sp³-hybridized carbons (Fsp3) is 0.889. The van der Waals surface area contributed by atoms with E-state index in [1.807, 2.05) is 0 Å². The molecular formula is C9H13F3O. The van der Waals surface area contributed by atoms with E-state index in [4.69, 9.17) is 0 Å². The topological polar surface area (TPSA) is 17.1 Å². The standard InChI is InChI=1S/C9H13F3O/c1-5-3-4-7(13)6(2)8(5)9(10,11)12/h5-6,8H,3-4H2,1-2H3. The summed E-state index contributed by atoms with van der Waals surface area (Å²) in [7, 11) is 0. The molecule has 1 aliphatic carbocycles. The van der Waals surface area contributed by atoms with Crippen LogP contribution in [0.5, 0.6) is 0 Å². The number of halogens is 3. The molecule has 1 fully saturated rings. The molecule has 0 aliphatic heterocycles. The van der Waals surface area contributed by atoms with Gasteiger partial charge < -0.3 is 0 Å². The summed E-state index contributed by atoms with van der Waals surface area (Å²) in [6.45, 7) is 2.96. The Labute approximate surface area is 75.3 Å². The molecule has 0 amide bonds. The van der Waals surface area contributed by atoms with Crippen LogP contribution in [0.25, 0.3) is 0 Å². The normalized spacial score (nSPS) is 36.4. The van der Waals surface area contributed by atoms with Gasteiger partial charge in [-0.15, -0.1) is 0 Å². The average Bonchev–Trinajstić information content (AvgIpc) is 1.95.